The topological polar surface area (TPSA) is 78.0 Å². The van der Waals surface area contributed by atoms with E-state index in [4.69, 9.17) is 5.11 Å². The molecule has 0 aliphatic rings. The number of aliphatic hydroxyl groups is 1. The Hall–Kier alpha value is -1.36. The van der Waals surface area contributed by atoms with Crippen molar-refractivity contribution in [2.24, 2.45) is 0 Å². The second kappa shape index (κ2) is 4.23. The smallest absolute Gasteiger partial charge is 0.269 e. The van der Waals surface area contributed by atoms with Gasteiger partial charge in [0.05, 0.1) is 24.7 Å². The fourth-order valence-electron chi connectivity index (χ4n) is 0.961. The van der Waals surface area contributed by atoms with E-state index < -0.39 is 5.54 Å². The molecule has 0 aliphatic heterocycles. The first kappa shape index (κ1) is 10.7. The van der Waals surface area contributed by atoms with Crippen molar-refractivity contribution in [3.8, 4) is 0 Å². The van der Waals surface area contributed by atoms with Crippen molar-refractivity contribution in [2.45, 2.75) is 25.8 Å². The second-order valence-corrected chi connectivity index (χ2v) is 3.49. The van der Waals surface area contributed by atoms with Crippen LogP contribution in [-0.2, 0) is 0 Å². The average Bonchev–Trinajstić information content (AvgIpc) is 2.70. The lowest BCUT2D eigenvalue weighted by Crippen LogP contribution is -2.48. The average molecular weight is 197 g/mol. The number of hydrogen-bond donors (Lipinski definition) is 3. The number of H-pyrrole nitrogens is 1. The summed E-state index contributed by atoms with van der Waals surface area (Å²) in [6.07, 6.45) is 3.56. The van der Waals surface area contributed by atoms with Crippen LogP contribution in [0.5, 0.6) is 0 Å². The minimum absolute atomic E-state index is 0.0800. The Labute approximate surface area is 82.6 Å². The Balaban J connectivity index is 2.65. The number of nitrogens with one attached hydrogen (secondary N) is 2. The molecule has 0 spiro atoms. The van der Waals surface area contributed by atoms with E-state index in [9.17, 15) is 4.79 Å². The summed E-state index contributed by atoms with van der Waals surface area (Å²) in [7, 11) is 0. The molecule has 1 aromatic rings. The molecule has 78 valence electrons. The third-order valence-electron chi connectivity index (χ3n) is 2.29. The van der Waals surface area contributed by atoms with E-state index in [0.717, 1.165) is 0 Å². The fourth-order valence-corrected chi connectivity index (χ4v) is 0.961. The molecule has 0 radical (unpaired) electrons. The van der Waals surface area contributed by atoms with E-state index in [1.165, 1.54) is 12.5 Å². The Morgan fingerprint density at radius 2 is 2.50 bits per heavy atom. The highest BCUT2D eigenvalue weighted by molar-refractivity contribution is 5.92. The Bertz CT molecular complexity index is 291. The molecule has 5 nitrogen and oxygen atoms in total. The summed E-state index contributed by atoms with van der Waals surface area (Å²) in [5, 5.41) is 11.8. The van der Waals surface area contributed by atoms with Crippen LogP contribution in [0.3, 0.4) is 0 Å². The van der Waals surface area contributed by atoms with Crippen LogP contribution in [0, 0.1) is 0 Å². The third-order valence-corrected chi connectivity index (χ3v) is 2.29. The maximum atomic E-state index is 11.5. The molecule has 3 N–H and O–H groups in total. The molecule has 1 unspecified atom stereocenters. The normalized spacial score (nSPS) is 14.8. The van der Waals surface area contributed by atoms with E-state index in [1.54, 1.807) is 6.92 Å². The molecular weight excluding hydrogens is 182 g/mol. The van der Waals surface area contributed by atoms with Crippen LogP contribution in [0.2, 0.25) is 0 Å². The van der Waals surface area contributed by atoms with Gasteiger partial charge in [0, 0.05) is 0 Å². The standard InChI is InChI=1S/C9H15N3O2/c1-3-9(2,5-13)12-8(14)7-4-10-6-11-7/h4,6,13H,3,5H2,1-2H3,(H,10,11)(H,12,14). The number of aliphatic hydroxyl groups excluding tert-OH is 1. The Morgan fingerprint density at radius 1 is 1.79 bits per heavy atom. The van der Waals surface area contributed by atoms with Crippen LogP contribution >= 0.6 is 0 Å². The van der Waals surface area contributed by atoms with Gasteiger partial charge in [0.2, 0.25) is 0 Å². The lowest BCUT2D eigenvalue weighted by atomic mass is 10.0. The van der Waals surface area contributed by atoms with E-state index >= 15 is 0 Å². The van der Waals surface area contributed by atoms with E-state index in [0.29, 0.717) is 12.1 Å². The number of aromatic nitrogens is 2. The monoisotopic (exact) mass is 197 g/mol. The highest BCUT2D eigenvalue weighted by Gasteiger charge is 2.24. The lowest BCUT2D eigenvalue weighted by Gasteiger charge is -2.26. The molecule has 0 saturated heterocycles. The van der Waals surface area contributed by atoms with Gasteiger partial charge in [-0.15, -0.1) is 0 Å². The first-order valence-corrected chi connectivity index (χ1v) is 4.53. The molecule has 0 aliphatic carbocycles. The number of nitrogens with zero attached hydrogens (tertiary/aromatic N) is 1. The number of amides is 1. The predicted octanol–water partition coefficient (Wildman–Crippen LogP) is 0.300. The molecule has 0 bridgehead atoms. The fraction of sp³-hybridized carbons (Fsp3) is 0.556. The molecular formula is C9H15N3O2. The summed E-state index contributed by atoms with van der Waals surface area (Å²) >= 11 is 0. The van der Waals surface area contributed by atoms with E-state index in [2.05, 4.69) is 15.3 Å². The van der Waals surface area contributed by atoms with Gasteiger partial charge in [-0.05, 0) is 13.3 Å². The van der Waals surface area contributed by atoms with Gasteiger partial charge in [-0.2, -0.15) is 0 Å². The predicted molar refractivity (Wildman–Crippen MR) is 51.8 cm³/mol. The van der Waals surface area contributed by atoms with Crippen molar-refractivity contribution in [2.75, 3.05) is 6.61 Å². The van der Waals surface area contributed by atoms with Gasteiger partial charge in [0.25, 0.3) is 5.91 Å². The summed E-state index contributed by atoms with van der Waals surface area (Å²) in [4.78, 5) is 18.0. The quantitative estimate of drug-likeness (QED) is 0.649. The van der Waals surface area contributed by atoms with Crippen molar-refractivity contribution >= 4 is 5.91 Å². The van der Waals surface area contributed by atoms with Crippen molar-refractivity contribution in [3.05, 3.63) is 18.2 Å². The number of imidazole rings is 1. The Morgan fingerprint density at radius 3 is 2.93 bits per heavy atom. The molecule has 1 atom stereocenters. The largest absolute Gasteiger partial charge is 0.394 e. The zero-order chi connectivity index (χ0) is 10.6. The van der Waals surface area contributed by atoms with Crippen LogP contribution in [0.4, 0.5) is 0 Å². The van der Waals surface area contributed by atoms with Crippen LogP contribution in [0.15, 0.2) is 12.5 Å². The zero-order valence-corrected chi connectivity index (χ0v) is 8.37. The molecule has 1 rings (SSSR count). The van der Waals surface area contributed by atoms with Gasteiger partial charge in [0.1, 0.15) is 5.69 Å². The molecule has 0 aromatic carbocycles. The van der Waals surface area contributed by atoms with Gasteiger partial charge in [-0.3, -0.25) is 4.79 Å². The van der Waals surface area contributed by atoms with Crippen LogP contribution in [0.1, 0.15) is 30.8 Å². The SMILES string of the molecule is CCC(C)(CO)NC(=O)c1cnc[nH]1. The minimum Gasteiger partial charge on any atom is -0.394 e. The highest BCUT2D eigenvalue weighted by Crippen LogP contribution is 2.08. The highest BCUT2D eigenvalue weighted by atomic mass is 16.3. The number of aromatic amines is 1. The van der Waals surface area contributed by atoms with Crippen molar-refractivity contribution in [3.63, 3.8) is 0 Å². The summed E-state index contributed by atoms with van der Waals surface area (Å²) in [6, 6.07) is 0. The molecule has 5 heteroatoms. The molecule has 0 saturated carbocycles. The molecule has 0 fully saturated rings. The molecule has 14 heavy (non-hydrogen) atoms. The summed E-state index contributed by atoms with van der Waals surface area (Å²) < 4.78 is 0. The van der Waals surface area contributed by atoms with Crippen molar-refractivity contribution in [1.82, 2.24) is 15.3 Å². The van der Waals surface area contributed by atoms with Crippen LogP contribution in [-0.4, -0.2) is 33.1 Å². The molecule has 1 aromatic heterocycles. The number of carbonyl (C=O) groups excluding carboxylic acids is 1. The van der Waals surface area contributed by atoms with Crippen molar-refractivity contribution in [1.29, 1.82) is 0 Å². The van der Waals surface area contributed by atoms with Gasteiger partial charge >= 0.3 is 0 Å². The Kier molecular flexibility index (Phi) is 3.24. The summed E-state index contributed by atoms with van der Waals surface area (Å²) in [6.45, 7) is 3.62. The van der Waals surface area contributed by atoms with Crippen molar-refractivity contribution < 1.29 is 9.90 Å². The number of hydrogen-bond acceptors (Lipinski definition) is 3. The first-order chi connectivity index (χ1) is 6.61. The van der Waals surface area contributed by atoms with Gasteiger partial charge < -0.3 is 15.4 Å². The molecule has 1 amide bonds. The lowest BCUT2D eigenvalue weighted by molar-refractivity contribution is 0.0843. The number of rotatable bonds is 4. The zero-order valence-electron chi connectivity index (χ0n) is 8.37. The van der Waals surface area contributed by atoms with Crippen LogP contribution < -0.4 is 5.32 Å². The first-order valence-electron chi connectivity index (χ1n) is 4.53. The van der Waals surface area contributed by atoms with Gasteiger partial charge in [-0.25, -0.2) is 4.98 Å². The maximum absolute atomic E-state index is 11.5. The summed E-state index contributed by atoms with van der Waals surface area (Å²) in [5.41, 5.74) is -0.166. The van der Waals surface area contributed by atoms with Gasteiger partial charge in [-0.1, -0.05) is 6.92 Å². The van der Waals surface area contributed by atoms with E-state index in [-0.39, 0.29) is 12.5 Å². The third kappa shape index (κ3) is 2.32. The van der Waals surface area contributed by atoms with Crippen LogP contribution in [0.25, 0.3) is 0 Å². The molecule has 1 heterocycles. The second-order valence-electron chi connectivity index (χ2n) is 3.49. The summed E-state index contributed by atoms with van der Waals surface area (Å²) in [5.74, 6) is -0.249. The number of carbonyl (C=O) groups is 1. The van der Waals surface area contributed by atoms with Gasteiger partial charge in [0.15, 0.2) is 0 Å². The minimum atomic E-state index is -0.567. The van der Waals surface area contributed by atoms with E-state index in [1.807, 2.05) is 6.92 Å². The maximum Gasteiger partial charge on any atom is 0.269 e.